The third-order valence-corrected chi connectivity index (χ3v) is 4.70. The third kappa shape index (κ3) is 5.56. The SMILES string of the molecule is COC(=O)c1ccc(NC(=O)C(=O)NCC2CCN(C(C)C)CC2)cc1. The summed E-state index contributed by atoms with van der Waals surface area (Å²) in [5, 5.41) is 5.24. The minimum Gasteiger partial charge on any atom is -0.465 e. The second-order valence-corrected chi connectivity index (χ2v) is 6.81. The van der Waals surface area contributed by atoms with Crippen LogP contribution in [0.15, 0.2) is 24.3 Å². The van der Waals surface area contributed by atoms with E-state index in [4.69, 9.17) is 0 Å². The molecule has 0 radical (unpaired) electrons. The van der Waals surface area contributed by atoms with Crippen LogP contribution in [0.1, 0.15) is 37.0 Å². The molecule has 1 aromatic rings. The summed E-state index contributed by atoms with van der Waals surface area (Å²) >= 11 is 0. The van der Waals surface area contributed by atoms with Crippen molar-refractivity contribution in [3.63, 3.8) is 0 Å². The van der Waals surface area contributed by atoms with Crippen LogP contribution in [0.5, 0.6) is 0 Å². The van der Waals surface area contributed by atoms with Crippen LogP contribution in [0.4, 0.5) is 5.69 Å². The van der Waals surface area contributed by atoms with Gasteiger partial charge in [0.1, 0.15) is 0 Å². The molecule has 1 heterocycles. The van der Waals surface area contributed by atoms with Crippen molar-refractivity contribution >= 4 is 23.5 Å². The van der Waals surface area contributed by atoms with Gasteiger partial charge >= 0.3 is 17.8 Å². The topological polar surface area (TPSA) is 87.7 Å². The quantitative estimate of drug-likeness (QED) is 0.615. The molecule has 1 saturated heterocycles. The highest BCUT2D eigenvalue weighted by Gasteiger charge is 2.22. The van der Waals surface area contributed by atoms with E-state index in [-0.39, 0.29) is 0 Å². The Balaban J connectivity index is 1.76. The van der Waals surface area contributed by atoms with Gasteiger partial charge in [-0.3, -0.25) is 9.59 Å². The first-order valence-corrected chi connectivity index (χ1v) is 8.92. The van der Waals surface area contributed by atoms with E-state index >= 15 is 0 Å². The number of piperidine rings is 1. The highest BCUT2D eigenvalue weighted by molar-refractivity contribution is 6.39. The molecule has 0 bridgehead atoms. The van der Waals surface area contributed by atoms with Crippen LogP contribution in [0.2, 0.25) is 0 Å². The molecule has 142 valence electrons. The molecule has 1 aliphatic rings. The van der Waals surface area contributed by atoms with E-state index in [1.807, 2.05) is 0 Å². The second-order valence-electron chi connectivity index (χ2n) is 6.81. The number of likely N-dealkylation sites (tertiary alicyclic amines) is 1. The maximum absolute atomic E-state index is 12.0. The van der Waals surface area contributed by atoms with Crippen LogP contribution in [0.25, 0.3) is 0 Å². The van der Waals surface area contributed by atoms with Gasteiger partial charge in [0.05, 0.1) is 12.7 Å². The summed E-state index contributed by atoms with van der Waals surface area (Å²) in [5.74, 6) is -1.41. The van der Waals surface area contributed by atoms with Crippen LogP contribution >= 0.6 is 0 Å². The summed E-state index contributed by atoms with van der Waals surface area (Å²) in [6, 6.07) is 6.71. The lowest BCUT2D eigenvalue weighted by Crippen LogP contribution is -2.43. The van der Waals surface area contributed by atoms with Gasteiger partial charge < -0.3 is 20.3 Å². The number of ether oxygens (including phenoxy) is 1. The van der Waals surface area contributed by atoms with Crippen LogP contribution < -0.4 is 10.6 Å². The number of benzene rings is 1. The van der Waals surface area contributed by atoms with Crippen molar-refractivity contribution in [2.75, 3.05) is 32.1 Å². The molecular formula is C19H27N3O4. The Morgan fingerprint density at radius 3 is 2.27 bits per heavy atom. The van der Waals surface area contributed by atoms with Crippen LogP contribution in [0, 0.1) is 5.92 Å². The van der Waals surface area contributed by atoms with Gasteiger partial charge in [0.15, 0.2) is 0 Å². The number of nitrogens with zero attached hydrogens (tertiary/aromatic N) is 1. The molecule has 0 unspecified atom stereocenters. The largest absolute Gasteiger partial charge is 0.465 e. The van der Waals surface area contributed by atoms with Gasteiger partial charge in [-0.2, -0.15) is 0 Å². The lowest BCUT2D eigenvalue weighted by atomic mass is 9.96. The number of nitrogens with one attached hydrogen (secondary N) is 2. The smallest absolute Gasteiger partial charge is 0.337 e. The van der Waals surface area contributed by atoms with E-state index in [1.165, 1.54) is 19.2 Å². The highest BCUT2D eigenvalue weighted by Crippen LogP contribution is 2.18. The molecule has 26 heavy (non-hydrogen) atoms. The van der Waals surface area contributed by atoms with E-state index < -0.39 is 17.8 Å². The van der Waals surface area contributed by atoms with Crippen molar-refractivity contribution in [1.82, 2.24) is 10.2 Å². The molecule has 7 heteroatoms. The first-order chi connectivity index (χ1) is 12.4. The molecule has 0 aromatic heterocycles. The predicted molar refractivity (Wildman–Crippen MR) is 98.9 cm³/mol. The maximum atomic E-state index is 12.0. The number of carbonyl (C=O) groups is 3. The Kier molecular flexibility index (Phi) is 7.15. The normalized spacial score (nSPS) is 15.5. The summed E-state index contributed by atoms with van der Waals surface area (Å²) < 4.78 is 4.61. The number of hydrogen-bond donors (Lipinski definition) is 2. The first-order valence-electron chi connectivity index (χ1n) is 8.92. The Labute approximate surface area is 154 Å². The molecule has 1 fully saturated rings. The number of carbonyl (C=O) groups excluding carboxylic acids is 3. The molecule has 2 N–H and O–H groups in total. The van der Waals surface area contributed by atoms with E-state index in [9.17, 15) is 14.4 Å². The predicted octanol–water partition coefficient (Wildman–Crippen LogP) is 1.65. The fourth-order valence-corrected chi connectivity index (χ4v) is 2.99. The number of hydrogen-bond acceptors (Lipinski definition) is 5. The molecule has 2 amide bonds. The van der Waals surface area contributed by atoms with Gasteiger partial charge in [-0.05, 0) is 70.0 Å². The fourth-order valence-electron chi connectivity index (χ4n) is 2.99. The molecule has 0 aliphatic carbocycles. The summed E-state index contributed by atoms with van der Waals surface area (Å²) in [5.41, 5.74) is 0.825. The number of esters is 1. The Bertz CT molecular complexity index is 635. The lowest BCUT2D eigenvalue weighted by molar-refractivity contribution is -0.136. The average Bonchev–Trinajstić information content (AvgIpc) is 2.66. The summed E-state index contributed by atoms with van der Waals surface area (Å²) in [4.78, 5) is 37.7. The van der Waals surface area contributed by atoms with Gasteiger partial charge in [-0.25, -0.2) is 4.79 Å². The third-order valence-electron chi connectivity index (χ3n) is 4.70. The van der Waals surface area contributed by atoms with Gasteiger partial charge in [0.25, 0.3) is 0 Å². The fraction of sp³-hybridized carbons (Fsp3) is 0.526. The van der Waals surface area contributed by atoms with E-state index in [1.54, 1.807) is 12.1 Å². The molecule has 0 spiro atoms. The molecule has 1 aromatic carbocycles. The Morgan fingerprint density at radius 1 is 1.12 bits per heavy atom. The van der Waals surface area contributed by atoms with Crippen molar-refractivity contribution in [1.29, 1.82) is 0 Å². The van der Waals surface area contributed by atoms with Crippen molar-refractivity contribution in [2.24, 2.45) is 5.92 Å². The zero-order valence-corrected chi connectivity index (χ0v) is 15.6. The minimum atomic E-state index is -0.713. The van der Waals surface area contributed by atoms with Gasteiger partial charge in [0.2, 0.25) is 0 Å². The molecular weight excluding hydrogens is 334 g/mol. The maximum Gasteiger partial charge on any atom is 0.337 e. The average molecular weight is 361 g/mol. The van der Waals surface area contributed by atoms with Crippen LogP contribution in [-0.4, -0.2) is 55.5 Å². The Hall–Kier alpha value is -2.41. The summed E-state index contributed by atoms with van der Waals surface area (Å²) in [6.45, 7) is 6.93. The number of amides is 2. The molecule has 0 saturated carbocycles. The van der Waals surface area contributed by atoms with Crippen molar-refractivity contribution in [3.8, 4) is 0 Å². The minimum absolute atomic E-state index is 0.377. The van der Waals surface area contributed by atoms with E-state index in [0.29, 0.717) is 29.8 Å². The molecule has 1 aliphatic heterocycles. The van der Waals surface area contributed by atoms with Gasteiger partial charge in [-0.15, -0.1) is 0 Å². The van der Waals surface area contributed by atoms with Crippen LogP contribution in [-0.2, 0) is 14.3 Å². The zero-order valence-electron chi connectivity index (χ0n) is 15.6. The van der Waals surface area contributed by atoms with Gasteiger partial charge in [-0.1, -0.05) is 0 Å². The number of rotatable bonds is 5. The molecule has 0 atom stereocenters. The standard InChI is InChI=1S/C19H27N3O4/c1-13(2)22-10-8-14(9-11-22)12-20-17(23)18(24)21-16-6-4-15(5-7-16)19(25)26-3/h4-7,13-14H,8-12H2,1-3H3,(H,20,23)(H,21,24). The zero-order chi connectivity index (χ0) is 19.1. The lowest BCUT2D eigenvalue weighted by Gasteiger charge is -2.34. The molecule has 7 nitrogen and oxygen atoms in total. The summed E-state index contributed by atoms with van der Waals surface area (Å²) in [6.07, 6.45) is 2.05. The van der Waals surface area contributed by atoms with Crippen molar-refractivity contribution in [3.05, 3.63) is 29.8 Å². The van der Waals surface area contributed by atoms with E-state index in [0.717, 1.165) is 25.9 Å². The highest BCUT2D eigenvalue weighted by atomic mass is 16.5. The van der Waals surface area contributed by atoms with E-state index in [2.05, 4.69) is 34.1 Å². The van der Waals surface area contributed by atoms with Crippen LogP contribution in [0.3, 0.4) is 0 Å². The number of methoxy groups -OCH3 is 1. The van der Waals surface area contributed by atoms with Gasteiger partial charge in [0, 0.05) is 18.3 Å². The Morgan fingerprint density at radius 2 is 1.73 bits per heavy atom. The molecule has 2 rings (SSSR count). The van der Waals surface area contributed by atoms with Crippen molar-refractivity contribution in [2.45, 2.75) is 32.7 Å². The number of anilines is 1. The van der Waals surface area contributed by atoms with Crippen molar-refractivity contribution < 1.29 is 19.1 Å². The monoisotopic (exact) mass is 361 g/mol. The first kappa shape index (κ1) is 19.9. The second kappa shape index (κ2) is 9.33. The summed E-state index contributed by atoms with van der Waals surface area (Å²) in [7, 11) is 1.30.